The van der Waals surface area contributed by atoms with E-state index in [1.165, 1.54) is 32.1 Å². The van der Waals surface area contributed by atoms with Crippen LogP contribution in [0.25, 0.3) is 0 Å². The van der Waals surface area contributed by atoms with Crippen LogP contribution >= 0.6 is 0 Å². The first-order valence-corrected chi connectivity index (χ1v) is 7.16. The predicted octanol–water partition coefficient (Wildman–Crippen LogP) is 2.80. The largest absolute Gasteiger partial charge is 0.490 e. The Kier molecular flexibility index (Phi) is 3.84. The van der Waals surface area contributed by atoms with Crippen LogP contribution in [0.5, 0.6) is 5.75 Å². The van der Waals surface area contributed by atoms with Gasteiger partial charge >= 0.3 is 0 Å². The zero-order valence-corrected chi connectivity index (χ0v) is 10.9. The summed E-state index contributed by atoms with van der Waals surface area (Å²) in [7, 11) is 0. The number of aromatic nitrogens is 2. The van der Waals surface area contributed by atoms with Crippen molar-refractivity contribution in [2.24, 2.45) is 5.92 Å². The van der Waals surface area contributed by atoms with Crippen molar-refractivity contribution >= 4 is 0 Å². The molecule has 0 N–H and O–H groups in total. The molecule has 2 heterocycles. The molecule has 2 aliphatic rings. The monoisotopic (exact) mass is 250 g/mol. The number of hydrogen-bond donors (Lipinski definition) is 0. The van der Waals surface area contributed by atoms with E-state index in [1.807, 2.05) is 6.20 Å². The first-order chi connectivity index (χ1) is 8.92. The van der Waals surface area contributed by atoms with Gasteiger partial charge in [-0.3, -0.25) is 4.68 Å². The van der Waals surface area contributed by atoms with Crippen LogP contribution in [0.15, 0.2) is 12.4 Å². The summed E-state index contributed by atoms with van der Waals surface area (Å²) in [5.74, 6) is 1.46. The van der Waals surface area contributed by atoms with Gasteiger partial charge < -0.3 is 9.47 Å². The third-order valence-corrected chi connectivity index (χ3v) is 4.02. The Labute approximate surface area is 108 Å². The molecule has 4 nitrogen and oxygen atoms in total. The highest BCUT2D eigenvalue weighted by atomic mass is 16.5. The molecule has 1 aliphatic heterocycles. The third-order valence-electron chi connectivity index (χ3n) is 4.02. The average molecular weight is 250 g/mol. The SMILES string of the molecule is c1nn(C2CCCC2)cc1OCC1CCCOC1. The maximum Gasteiger partial charge on any atom is 0.157 e. The molecule has 18 heavy (non-hydrogen) atoms. The van der Waals surface area contributed by atoms with Crippen molar-refractivity contribution in [1.82, 2.24) is 9.78 Å². The Bertz CT molecular complexity index is 366. The quantitative estimate of drug-likeness (QED) is 0.824. The summed E-state index contributed by atoms with van der Waals surface area (Å²) in [6.45, 7) is 2.52. The Morgan fingerprint density at radius 3 is 2.94 bits per heavy atom. The van der Waals surface area contributed by atoms with Gasteiger partial charge in [0.1, 0.15) is 0 Å². The lowest BCUT2D eigenvalue weighted by atomic mass is 10.0. The van der Waals surface area contributed by atoms with Crippen LogP contribution in [-0.4, -0.2) is 29.6 Å². The molecule has 1 aromatic heterocycles. The van der Waals surface area contributed by atoms with Crippen molar-refractivity contribution in [3.63, 3.8) is 0 Å². The number of nitrogens with zero attached hydrogens (tertiary/aromatic N) is 2. The molecule has 1 saturated carbocycles. The molecule has 100 valence electrons. The normalized spacial score (nSPS) is 25.4. The molecule has 4 heteroatoms. The second-order valence-corrected chi connectivity index (χ2v) is 5.49. The van der Waals surface area contributed by atoms with E-state index in [0.29, 0.717) is 12.0 Å². The maximum absolute atomic E-state index is 5.82. The van der Waals surface area contributed by atoms with Crippen molar-refractivity contribution in [2.75, 3.05) is 19.8 Å². The van der Waals surface area contributed by atoms with Crippen molar-refractivity contribution in [3.8, 4) is 5.75 Å². The summed E-state index contributed by atoms with van der Waals surface area (Å²) in [5.41, 5.74) is 0. The molecule has 1 saturated heterocycles. The second kappa shape index (κ2) is 5.74. The molecule has 0 spiro atoms. The van der Waals surface area contributed by atoms with Crippen LogP contribution in [0, 0.1) is 5.92 Å². The minimum absolute atomic E-state index is 0.550. The lowest BCUT2D eigenvalue weighted by Gasteiger charge is -2.21. The Morgan fingerprint density at radius 2 is 2.17 bits per heavy atom. The minimum atomic E-state index is 0.550. The first kappa shape index (κ1) is 12.0. The Morgan fingerprint density at radius 1 is 1.28 bits per heavy atom. The van der Waals surface area contributed by atoms with Gasteiger partial charge in [-0.1, -0.05) is 12.8 Å². The van der Waals surface area contributed by atoms with E-state index in [9.17, 15) is 0 Å². The number of hydrogen-bond acceptors (Lipinski definition) is 3. The van der Waals surface area contributed by atoms with Gasteiger partial charge in [0.2, 0.25) is 0 Å². The molecule has 1 aliphatic carbocycles. The third kappa shape index (κ3) is 2.86. The smallest absolute Gasteiger partial charge is 0.157 e. The zero-order valence-electron chi connectivity index (χ0n) is 10.9. The van der Waals surface area contributed by atoms with E-state index in [1.54, 1.807) is 0 Å². The molecule has 1 unspecified atom stereocenters. The lowest BCUT2D eigenvalue weighted by molar-refractivity contribution is 0.0351. The maximum atomic E-state index is 5.82. The molecule has 1 atom stereocenters. The number of rotatable bonds is 4. The molecular formula is C14H22N2O2. The van der Waals surface area contributed by atoms with Gasteiger partial charge in [0.25, 0.3) is 0 Å². The summed E-state index contributed by atoms with van der Waals surface area (Å²) < 4.78 is 13.4. The van der Waals surface area contributed by atoms with E-state index in [2.05, 4.69) is 16.0 Å². The Balaban J connectivity index is 1.50. The van der Waals surface area contributed by atoms with E-state index in [-0.39, 0.29) is 0 Å². The molecule has 0 amide bonds. The van der Waals surface area contributed by atoms with Crippen LogP contribution < -0.4 is 4.74 Å². The number of ether oxygens (including phenoxy) is 2. The minimum Gasteiger partial charge on any atom is -0.490 e. The Hall–Kier alpha value is -1.03. The fraction of sp³-hybridized carbons (Fsp3) is 0.786. The van der Waals surface area contributed by atoms with Crippen LogP contribution in [0.1, 0.15) is 44.6 Å². The topological polar surface area (TPSA) is 36.3 Å². The van der Waals surface area contributed by atoms with Crippen LogP contribution in [0.4, 0.5) is 0 Å². The van der Waals surface area contributed by atoms with E-state index in [4.69, 9.17) is 9.47 Å². The van der Waals surface area contributed by atoms with Crippen molar-refractivity contribution in [2.45, 2.75) is 44.6 Å². The van der Waals surface area contributed by atoms with E-state index >= 15 is 0 Å². The van der Waals surface area contributed by atoms with Gasteiger partial charge in [-0.25, -0.2) is 0 Å². The van der Waals surface area contributed by atoms with Crippen LogP contribution in [0.3, 0.4) is 0 Å². The van der Waals surface area contributed by atoms with E-state index in [0.717, 1.165) is 32.0 Å². The van der Waals surface area contributed by atoms with Crippen LogP contribution in [0.2, 0.25) is 0 Å². The van der Waals surface area contributed by atoms with Crippen molar-refractivity contribution in [3.05, 3.63) is 12.4 Å². The van der Waals surface area contributed by atoms with Crippen molar-refractivity contribution < 1.29 is 9.47 Å². The van der Waals surface area contributed by atoms with Gasteiger partial charge in [-0.2, -0.15) is 5.10 Å². The van der Waals surface area contributed by atoms with Gasteiger partial charge in [0.05, 0.1) is 31.6 Å². The summed E-state index contributed by atoms with van der Waals surface area (Å²) in [5, 5.41) is 4.42. The average Bonchev–Trinajstić information content (AvgIpc) is 3.08. The van der Waals surface area contributed by atoms with Crippen molar-refractivity contribution in [1.29, 1.82) is 0 Å². The van der Waals surface area contributed by atoms with Crippen LogP contribution in [-0.2, 0) is 4.74 Å². The first-order valence-electron chi connectivity index (χ1n) is 7.16. The van der Waals surface area contributed by atoms with Gasteiger partial charge in [-0.05, 0) is 25.7 Å². The molecule has 0 bridgehead atoms. The summed E-state index contributed by atoms with van der Waals surface area (Å²) in [6, 6.07) is 0.598. The van der Waals surface area contributed by atoms with Gasteiger partial charge in [0.15, 0.2) is 5.75 Å². The zero-order chi connectivity index (χ0) is 12.2. The highest BCUT2D eigenvalue weighted by Gasteiger charge is 2.18. The molecule has 1 aromatic rings. The molecule has 2 fully saturated rings. The molecule has 0 radical (unpaired) electrons. The second-order valence-electron chi connectivity index (χ2n) is 5.49. The fourth-order valence-corrected chi connectivity index (χ4v) is 2.92. The lowest BCUT2D eigenvalue weighted by Crippen LogP contribution is -2.23. The molecule has 3 rings (SSSR count). The summed E-state index contributed by atoms with van der Waals surface area (Å²) >= 11 is 0. The standard InChI is InChI=1S/C14H22N2O2/c1-2-6-13(5-1)16-9-14(8-15-16)18-11-12-4-3-7-17-10-12/h8-9,12-13H,1-7,10-11H2. The fourth-order valence-electron chi connectivity index (χ4n) is 2.92. The molecule has 0 aromatic carbocycles. The highest BCUT2D eigenvalue weighted by molar-refractivity contribution is 5.12. The van der Waals surface area contributed by atoms with Gasteiger partial charge in [-0.15, -0.1) is 0 Å². The molecular weight excluding hydrogens is 228 g/mol. The van der Waals surface area contributed by atoms with E-state index < -0.39 is 0 Å². The summed E-state index contributed by atoms with van der Waals surface area (Å²) in [6.07, 6.45) is 11.5. The summed E-state index contributed by atoms with van der Waals surface area (Å²) in [4.78, 5) is 0. The van der Waals surface area contributed by atoms with Gasteiger partial charge in [0, 0.05) is 12.5 Å². The predicted molar refractivity (Wildman–Crippen MR) is 68.8 cm³/mol. The highest BCUT2D eigenvalue weighted by Crippen LogP contribution is 2.29.